The third-order valence-corrected chi connectivity index (χ3v) is 5.16. The van der Waals surface area contributed by atoms with E-state index in [1.165, 1.54) is 11.1 Å². The van der Waals surface area contributed by atoms with Crippen LogP contribution < -0.4 is 0 Å². The molecule has 3 rings (SSSR count). The smallest absolute Gasteiger partial charge is 0.310 e. The molecule has 1 aromatic rings. The molecule has 1 fully saturated rings. The van der Waals surface area contributed by atoms with Crippen molar-refractivity contribution in [1.29, 1.82) is 0 Å². The summed E-state index contributed by atoms with van der Waals surface area (Å²) >= 11 is 0. The zero-order valence-electron chi connectivity index (χ0n) is 16.2. The molecule has 146 valence electrons. The Labute approximate surface area is 162 Å². The Bertz CT molecular complexity index is 669. The van der Waals surface area contributed by atoms with Gasteiger partial charge in [0.25, 0.3) is 0 Å². The Kier molecular flexibility index (Phi) is 7.45. The van der Waals surface area contributed by atoms with Crippen molar-refractivity contribution in [2.45, 2.75) is 39.0 Å². The molecular weight excluding hydrogens is 340 g/mol. The van der Waals surface area contributed by atoms with Crippen LogP contribution in [0.2, 0.25) is 0 Å². The van der Waals surface area contributed by atoms with Gasteiger partial charge in [0.05, 0.1) is 18.2 Å². The van der Waals surface area contributed by atoms with Crippen LogP contribution in [0.4, 0.5) is 0 Å². The van der Waals surface area contributed by atoms with Gasteiger partial charge < -0.3 is 9.57 Å². The molecule has 0 N–H and O–H groups in total. The van der Waals surface area contributed by atoms with Gasteiger partial charge >= 0.3 is 5.97 Å². The average molecular weight is 370 g/mol. The first kappa shape index (κ1) is 19.6. The van der Waals surface area contributed by atoms with Crippen LogP contribution in [0.25, 0.3) is 5.57 Å². The van der Waals surface area contributed by atoms with Gasteiger partial charge in [0.2, 0.25) is 0 Å². The van der Waals surface area contributed by atoms with Crippen LogP contribution in [0.5, 0.6) is 0 Å². The lowest BCUT2D eigenvalue weighted by atomic mass is 9.92. The Hall–Kier alpha value is -2.14. The standard InChI is InChI=1S/C22H30N2O3/c1-2-26-22(25)19-11-8-14-24(17-19)15-16-27-23-21-13-7-6-12-20(21)18-9-4-3-5-10-18/h3-5,9-10,12,19H,2,6-8,11,13-17H2,1H3. The molecular formula is C22H30N2O3. The maximum absolute atomic E-state index is 11.9. The molecule has 0 spiro atoms. The number of rotatable bonds is 7. The minimum atomic E-state index is -0.0665. The van der Waals surface area contributed by atoms with Gasteiger partial charge in [-0.25, -0.2) is 0 Å². The fraction of sp³-hybridized carbons (Fsp3) is 0.545. The number of benzene rings is 1. The maximum Gasteiger partial charge on any atom is 0.310 e. The van der Waals surface area contributed by atoms with Crippen LogP contribution in [0.1, 0.15) is 44.6 Å². The zero-order chi connectivity index (χ0) is 18.9. The molecule has 0 amide bonds. The summed E-state index contributed by atoms with van der Waals surface area (Å²) in [5, 5.41) is 4.44. The lowest BCUT2D eigenvalue weighted by molar-refractivity contribution is -0.150. The topological polar surface area (TPSA) is 51.1 Å². The molecule has 1 atom stereocenters. The van der Waals surface area contributed by atoms with Crippen LogP contribution in [0.3, 0.4) is 0 Å². The van der Waals surface area contributed by atoms with Gasteiger partial charge in [0.15, 0.2) is 0 Å². The van der Waals surface area contributed by atoms with Crippen molar-refractivity contribution in [3.05, 3.63) is 42.0 Å². The molecule has 1 unspecified atom stereocenters. The van der Waals surface area contributed by atoms with Gasteiger partial charge in [-0.2, -0.15) is 0 Å². The van der Waals surface area contributed by atoms with Crippen molar-refractivity contribution in [3.8, 4) is 0 Å². The predicted molar refractivity (Wildman–Crippen MR) is 107 cm³/mol. The number of piperidine rings is 1. The van der Waals surface area contributed by atoms with E-state index in [1.54, 1.807) is 0 Å². The van der Waals surface area contributed by atoms with E-state index in [4.69, 9.17) is 9.57 Å². The van der Waals surface area contributed by atoms with Crippen molar-refractivity contribution in [2.75, 3.05) is 32.8 Å². The van der Waals surface area contributed by atoms with E-state index in [0.717, 1.165) is 57.5 Å². The van der Waals surface area contributed by atoms with Gasteiger partial charge in [-0.1, -0.05) is 41.6 Å². The number of carbonyl (C=O) groups excluding carboxylic acids is 1. The van der Waals surface area contributed by atoms with Crippen molar-refractivity contribution in [2.24, 2.45) is 11.1 Å². The van der Waals surface area contributed by atoms with Crippen molar-refractivity contribution in [1.82, 2.24) is 4.90 Å². The number of allylic oxidation sites excluding steroid dienone is 2. The van der Waals surface area contributed by atoms with Crippen LogP contribution in [-0.2, 0) is 14.4 Å². The molecule has 0 saturated carbocycles. The average Bonchev–Trinajstić information content (AvgIpc) is 2.72. The number of oxime groups is 1. The predicted octanol–water partition coefficient (Wildman–Crippen LogP) is 3.90. The molecule has 1 saturated heterocycles. The van der Waals surface area contributed by atoms with E-state index in [9.17, 15) is 4.79 Å². The van der Waals surface area contributed by atoms with E-state index in [2.05, 4.69) is 40.4 Å². The summed E-state index contributed by atoms with van der Waals surface area (Å²) in [7, 11) is 0. The number of likely N-dealkylation sites (tertiary alicyclic amines) is 1. The molecule has 27 heavy (non-hydrogen) atoms. The van der Waals surface area contributed by atoms with E-state index in [1.807, 2.05) is 13.0 Å². The number of ether oxygens (including phenoxy) is 1. The number of esters is 1. The van der Waals surface area contributed by atoms with Crippen LogP contribution in [0.15, 0.2) is 41.6 Å². The molecule has 5 heteroatoms. The SMILES string of the molecule is CCOC(=O)C1CCCN(CCON=C2CCCC=C2c2ccccc2)C1. The normalized spacial score (nSPS) is 22.3. The second-order valence-corrected chi connectivity index (χ2v) is 7.14. The van der Waals surface area contributed by atoms with Crippen molar-refractivity contribution < 1.29 is 14.4 Å². The minimum absolute atomic E-state index is 0.00373. The third-order valence-electron chi connectivity index (χ3n) is 5.16. The summed E-state index contributed by atoms with van der Waals surface area (Å²) in [6.07, 6.45) is 7.37. The molecule has 1 aliphatic heterocycles. The fourth-order valence-electron chi connectivity index (χ4n) is 3.77. The largest absolute Gasteiger partial charge is 0.466 e. The van der Waals surface area contributed by atoms with E-state index in [0.29, 0.717) is 13.2 Å². The molecule has 1 aliphatic carbocycles. The molecule has 1 heterocycles. The molecule has 0 aromatic heterocycles. The highest BCUT2D eigenvalue weighted by Gasteiger charge is 2.26. The van der Waals surface area contributed by atoms with E-state index in [-0.39, 0.29) is 11.9 Å². The fourth-order valence-corrected chi connectivity index (χ4v) is 3.77. The van der Waals surface area contributed by atoms with E-state index < -0.39 is 0 Å². The Morgan fingerprint density at radius 2 is 2.11 bits per heavy atom. The lowest BCUT2D eigenvalue weighted by Gasteiger charge is -2.30. The van der Waals surface area contributed by atoms with Crippen molar-refractivity contribution >= 4 is 17.3 Å². The molecule has 0 bridgehead atoms. The monoisotopic (exact) mass is 370 g/mol. The van der Waals surface area contributed by atoms with Gasteiger partial charge in [-0.3, -0.25) is 9.69 Å². The summed E-state index contributed by atoms with van der Waals surface area (Å²) < 4.78 is 5.16. The molecule has 2 aliphatic rings. The quantitative estimate of drug-likeness (QED) is 0.415. The minimum Gasteiger partial charge on any atom is -0.466 e. The van der Waals surface area contributed by atoms with Gasteiger partial charge in [-0.15, -0.1) is 0 Å². The second-order valence-electron chi connectivity index (χ2n) is 7.14. The van der Waals surface area contributed by atoms with E-state index >= 15 is 0 Å². The van der Waals surface area contributed by atoms with Gasteiger partial charge in [0.1, 0.15) is 6.61 Å². The Balaban J connectivity index is 1.49. The van der Waals surface area contributed by atoms with Crippen LogP contribution in [0, 0.1) is 5.92 Å². The highest BCUT2D eigenvalue weighted by Crippen LogP contribution is 2.25. The summed E-state index contributed by atoms with van der Waals surface area (Å²) in [6.45, 7) is 5.40. The first-order chi connectivity index (χ1) is 13.3. The summed E-state index contributed by atoms with van der Waals surface area (Å²) in [5.74, 6) is -0.0702. The summed E-state index contributed by atoms with van der Waals surface area (Å²) in [6, 6.07) is 10.4. The number of carbonyl (C=O) groups is 1. The Morgan fingerprint density at radius 3 is 2.93 bits per heavy atom. The summed E-state index contributed by atoms with van der Waals surface area (Å²) in [5.41, 5.74) is 3.44. The molecule has 0 radical (unpaired) electrons. The second kappa shape index (κ2) is 10.3. The van der Waals surface area contributed by atoms with Crippen LogP contribution in [-0.4, -0.2) is 49.4 Å². The number of hydrogen-bond donors (Lipinski definition) is 0. The summed E-state index contributed by atoms with van der Waals surface area (Å²) in [4.78, 5) is 19.9. The molecule has 1 aromatic carbocycles. The van der Waals surface area contributed by atoms with Gasteiger partial charge in [-0.05, 0) is 51.1 Å². The molecule has 5 nitrogen and oxygen atoms in total. The highest BCUT2D eigenvalue weighted by molar-refractivity contribution is 6.24. The first-order valence-corrected chi connectivity index (χ1v) is 10.1. The third kappa shape index (κ3) is 5.67. The Morgan fingerprint density at radius 1 is 1.26 bits per heavy atom. The highest BCUT2D eigenvalue weighted by atomic mass is 16.6. The van der Waals surface area contributed by atoms with Gasteiger partial charge in [0, 0.05) is 18.7 Å². The number of nitrogens with zero attached hydrogens (tertiary/aromatic N) is 2. The number of hydrogen-bond acceptors (Lipinski definition) is 5. The first-order valence-electron chi connectivity index (χ1n) is 10.1. The maximum atomic E-state index is 11.9. The van der Waals surface area contributed by atoms with Crippen molar-refractivity contribution in [3.63, 3.8) is 0 Å². The van der Waals surface area contributed by atoms with Crippen LogP contribution >= 0.6 is 0 Å². The zero-order valence-corrected chi connectivity index (χ0v) is 16.2. The lowest BCUT2D eigenvalue weighted by Crippen LogP contribution is -2.40.